The molecule has 6 heteroatoms. The number of hydrogen-bond acceptors (Lipinski definition) is 4. The second kappa shape index (κ2) is 16.4. The zero-order valence-corrected chi connectivity index (χ0v) is 15.3. The Morgan fingerprint density at radius 3 is 1.88 bits per heavy atom. The van der Waals surface area contributed by atoms with Gasteiger partial charge in [0.1, 0.15) is 6.10 Å². The van der Waals surface area contributed by atoms with Crippen molar-refractivity contribution in [2.45, 2.75) is 104 Å². The fraction of sp³-hybridized carbons (Fsp3) is 0.889. The predicted molar refractivity (Wildman–Crippen MR) is 98.3 cm³/mol. The van der Waals surface area contributed by atoms with Crippen LogP contribution in [0.25, 0.3) is 0 Å². The molecule has 5 nitrogen and oxygen atoms in total. The van der Waals surface area contributed by atoms with E-state index in [2.05, 4.69) is 6.92 Å². The van der Waals surface area contributed by atoms with E-state index in [1.807, 2.05) is 0 Å². The van der Waals surface area contributed by atoms with Gasteiger partial charge in [-0.2, -0.15) is 0 Å². The maximum atomic E-state index is 11.9. The molecule has 0 aromatic rings. The maximum absolute atomic E-state index is 11.9. The zero-order chi connectivity index (χ0) is 17.7. The molecule has 1 amide bonds. The SMILES string of the molecule is CCCCCCCCCCCC(=O)N(O)C(C)C(C)OC(C)=O.[NaH]. The van der Waals surface area contributed by atoms with E-state index in [-0.39, 0.29) is 35.5 Å². The number of unbranched alkanes of at least 4 members (excludes halogenated alkanes) is 8. The molecule has 0 aromatic heterocycles. The van der Waals surface area contributed by atoms with Gasteiger partial charge >= 0.3 is 35.5 Å². The fourth-order valence-corrected chi connectivity index (χ4v) is 2.49. The number of amides is 1. The Balaban J connectivity index is 0. The van der Waals surface area contributed by atoms with Crippen LogP contribution in [-0.4, -0.2) is 63.9 Å². The Hall–Kier alpha value is -0.100. The summed E-state index contributed by atoms with van der Waals surface area (Å²) in [5, 5.41) is 10.6. The Labute approximate surface area is 169 Å². The topological polar surface area (TPSA) is 66.8 Å². The molecule has 2 atom stereocenters. The molecule has 0 saturated carbocycles. The van der Waals surface area contributed by atoms with Gasteiger partial charge in [-0.15, -0.1) is 0 Å². The van der Waals surface area contributed by atoms with E-state index in [0.717, 1.165) is 19.3 Å². The summed E-state index contributed by atoms with van der Waals surface area (Å²) in [6.07, 6.45) is 10.5. The van der Waals surface area contributed by atoms with Crippen LogP contribution in [0, 0.1) is 0 Å². The van der Waals surface area contributed by atoms with E-state index < -0.39 is 18.1 Å². The second-order valence-electron chi connectivity index (χ2n) is 6.37. The molecule has 0 fully saturated rings. The summed E-state index contributed by atoms with van der Waals surface area (Å²) >= 11 is 0. The van der Waals surface area contributed by atoms with Crippen LogP contribution in [0.5, 0.6) is 0 Å². The molecule has 0 rings (SSSR count). The summed E-state index contributed by atoms with van der Waals surface area (Å²) in [4.78, 5) is 22.8. The van der Waals surface area contributed by atoms with Gasteiger partial charge in [0.05, 0.1) is 6.04 Å². The third-order valence-electron chi connectivity index (χ3n) is 4.17. The minimum absolute atomic E-state index is 0. The number of nitrogens with zero attached hydrogens (tertiary/aromatic N) is 1. The van der Waals surface area contributed by atoms with Gasteiger partial charge < -0.3 is 4.74 Å². The average molecular weight is 353 g/mol. The molecular weight excluding hydrogens is 317 g/mol. The van der Waals surface area contributed by atoms with Crippen LogP contribution in [0.3, 0.4) is 0 Å². The molecule has 0 bridgehead atoms. The number of carbonyl (C=O) groups excluding carboxylic acids is 2. The van der Waals surface area contributed by atoms with E-state index >= 15 is 0 Å². The van der Waals surface area contributed by atoms with Gasteiger partial charge in [0, 0.05) is 13.3 Å². The van der Waals surface area contributed by atoms with Crippen molar-refractivity contribution < 1.29 is 19.5 Å². The van der Waals surface area contributed by atoms with E-state index in [1.165, 1.54) is 45.4 Å². The van der Waals surface area contributed by atoms with Crippen molar-refractivity contribution in [3.8, 4) is 0 Å². The van der Waals surface area contributed by atoms with Crippen LogP contribution < -0.4 is 0 Å². The first-order valence-electron chi connectivity index (χ1n) is 9.08. The fourth-order valence-electron chi connectivity index (χ4n) is 2.49. The van der Waals surface area contributed by atoms with E-state index in [0.29, 0.717) is 11.5 Å². The Morgan fingerprint density at radius 1 is 0.958 bits per heavy atom. The molecule has 0 spiro atoms. The first kappa shape index (κ1) is 26.1. The van der Waals surface area contributed by atoms with Gasteiger partial charge in [-0.3, -0.25) is 14.8 Å². The number of carbonyl (C=O) groups is 2. The Kier molecular flexibility index (Phi) is 17.8. The second-order valence-corrected chi connectivity index (χ2v) is 6.37. The first-order valence-corrected chi connectivity index (χ1v) is 9.08. The van der Waals surface area contributed by atoms with Gasteiger partial charge in [0.15, 0.2) is 0 Å². The standard InChI is InChI=1S/C18H35NO4.Na.H/c1-5-6-7-8-9-10-11-12-13-14-18(21)19(22)15(2)16(3)23-17(4)20;;/h15-16,22H,5-14H2,1-4H3;;. The molecule has 0 aliphatic heterocycles. The molecule has 2 unspecified atom stereocenters. The van der Waals surface area contributed by atoms with Gasteiger partial charge in [0.2, 0.25) is 5.91 Å². The van der Waals surface area contributed by atoms with Crippen molar-refractivity contribution in [3.63, 3.8) is 0 Å². The normalized spacial score (nSPS) is 12.9. The summed E-state index contributed by atoms with van der Waals surface area (Å²) in [5.74, 6) is -0.719. The average Bonchev–Trinajstić information content (AvgIpc) is 2.50. The monoisotopic (exact) mass is 353 g/mol. The number of hydroxylamine groups is 2. The molecule has 0 heterocycles. The number of hydrogen-bond donors (Lipinski definition) is 1. The van der Waals surface area contributed by atoms with Crippen LogP contribution in [0.15, 0.2) is 0 Å². The number of rotatable bonds is 13. The van der Waals surface area contributed by atoms with Crippen LogP contribution in [0.1, 0.15) is 91.9 Å². The third kappa shape index (κ3) is 13.2. The van der Waals surface area contributed by atoms with Crippen molar-refractivity contribution in [3.05, 3.63) is 0 Å². The van der Waals surface area contributed by atoms with E-state index in [4.69, 9.17) is 4.74 Å². The van der Waals surface area contributed by atoms with E-state index in [1.54, 1.807) is 13.8 Å². The molecule has 0 saturated heterocycles. The summed E-state index contributed by atoms with van der Waals surface area (Å²) in [7, 11) is 0. The van der Waals surface area contributed by atoms with Crippen molar-refractivity contribution >= 4 is 41.4 Å². The first-order chi connectivity index (χ1) is 10.9. The van der Waals surface area contributed by atoms with Crippen LogP contribution in [-0.2, 0) is 14.3 Å². The molecule has 0 aliphatic rings. The minimum atomic E-state index is -0.537. The van der Waals surface area contributed by atoms with Crippen molar-refractivity contribution in [1.29, 1.82) is 0 Å². The zero-order valence-electron chi connectivity index (χ0n) is 15.3. The molecule has 138 valence electrons. The molecule has 24 heavy (non-hydrogen) atoms. The van der Waals surface area contributed by atoms with Gasteiger partial charge in [-0.05, 0) is 20.3 Å². The summed E-state index contributed by atoms with van der Waals surface area (Å²) < 4.78 is 4.99. The van der Waals surface area contributed by atoms with E-state index in [9.17, 15) is 14.8 Å². The predicted octanol–water partition coefficient (Wildman–Crippen LogP) is 3.82. The molecule has 0 radical (unpaired) electrons. The van der Waals surface area contributed by atoms with Crippen LogP contribution in [0.2, 0.25) is 0 Å². The quantitative estimate of drug-likeness (QED) is 0.180. The number of esters is 1. The Bertz CT molecular complexity index is 339. The molecule has 0 aromatic carbocycles. The van der Waals surface area contributed by atoms with Gasteiger partial charge in [0.25, 0.3) is 0 Å². The van der Waals surface area contributed by atoms with Gasteiger partial charge in [-0.1, -0.05) is 58.3 Å². The summed E-state index contributed by atoms with van der Waals surface area (Å²) in [6.45, 7) is 6.87. The van der Waals surface area contributed by atoms with Crippen molar-refractivity contribution in [2.75, 3.05) is 0 Å². The number of ether oxygens (including phenoxy) is 1. The summed E-state index contributed by atoms with van der Waals surface area (Å²) in [5.41, 5.74) is 0. The van der Waals surface area contributed by atoms with Crippen molar-refractivity contribution in [2.24, 2.45) is 0 Å². The van der Waals surface area contributed by atoms with Crippen LogP contribution >= 0.6 is 0 Å². The summed E-state index contributed by atoms with van der Waals surface area (Å²) in [6, 6.07) is -0.537. The molecular formula is C18H36NNaO4. The van der Waals surface area contributed by atoms with Gasteiger partial charge in [-0.25, -0.2) is 5.06 Å². The van der Waals surface area contributed by atoms with Crippen LogP contribution in [0.4, 0.5) is 0 Å². The third-order valence-corrected chi connectivity index (χ3v) is 4.17. The molecule has 1 N–H and O–H groups in total. The Morgan fingerprint density at radius 2 is 1.42 bits per heavy atom. The molecule has 0 aliphatic carbocycles. The van der Waals surface area contributed by atoms with Crippen molar-refractivity contribution in [1.82, 2.24) is 5.06 Å².